The molecule has 6 nitrogen and oxygen atoms in total. The van der Waals surface area contributed by atoms with Gasteiger partial charge in [0.25, 0.3) is 0 Å². The topological polar surface area (TPSA) is 80.8 Å². The van der Waals surface area contributed by atoms with Crippen LogP contribution in [0.15, 0.2) is 60.7 Å². The first-order valence-corrected chi connectivity index (χ1v) is 11.4. The Hall–Kier alpha value is -3.25. The van der Waals surface area contributed by atoms with E-state index < -0.39 is 12.6 Å². The molecular formula is C26H20ClNO5. The van der Waals surface area contributed by atoms with Crippen LogP contribution in [0.5, 0.6) is 0 Å². The summed E-state index contributed by atoms with van der Waals surface area (Å²) >= 11 is 5.83. The number of ether oxygens (including phenoxy) is 1. The third kappa shape index (κ3) is 3.16. The number of allylic oxidation sites excluding steroid dienone is 2. The molecule has 4 aliphatic carbocycles. The van der Waals surface area contributed by atoms with Crippen molar-refractivity contribution in [1.29, 1.82) is 0 Å². The lowest BCUT2D eigenvalue weighted by Crippen LogP contribution is -2.40. The fourth-order valence-electron chi connectivity index (χ4n) is 5.92. The molecule has 7 rings (SSSR count). The van der Waals surface area contributed by atoms with E-state index in [1.54, 1.807) is 36.4 Å². The number of ketones is 1. The van der Waals surface area contributed by atoms with Gasteiger partial charge in [0.05, 0.1) is 23.1 Å². The first kappa shape index (κ1) is 20.4. The highest BCUT2D eigenvalue weighted by molar-refractivity contribution is 6.30. The molecule has 33 heavy (non-hydrogen) atoms. The summed E-state index contributed by atoms with van der Waals surface area (Å²) in [5.41, 5.74) is 0.930. The maximum Gasteiger partial charge on any atom is 0.338 e. The quantitative estimate of drug-likeness (QED) is 0.291. The molecule has 0 aromatic heterocycles. The highest BCUT2D eigenvalue weighted by Gasteiger charge is 2.67. The predicted molar refractivity (Wildman–Crippen MR) is 120 cm³/mol. The lowest BCUT2D eigenvalue weighted by Gasteiger charge is -2.37. The van der Waals surface area contributed by atoms with E-state index in [1.165, 1.54) is 17.0 Å². The monoisotopic (exact) mass is 461 g/mol. The van der Waals surface area contributed by atoms with Crippen molar-refractivity contribution in [3.63, 3.8) is 0 Å². The maximum absolute atomic E-state index is 13.3. The Kier molecular flexibility index (Phi) is 4.56. The molecule has 6 atom stereocenters. The molecule has 1 saturated heterocycles. The summed E-state index contributed by atoms with van der Waals surface area (Å²) in [7, 11) is 0. The molecule has 1 aliphatic heterocycles. The Labute approximate surface area is 195 Å². The number of hydrogen-bond donors (Lipinski definition) is 0. The van der Waals surface area contributed by atoms with Crippen LogP contribution in [0.1, 0.15) is 27.1 Å². The lowest BCUT2D eigenvalue weighted by molar-refractivity contribution is -0.124. The predicted octanol–water partition coefficient (Wildman–Crippen LogP) is 3.94. The van der Waals surface area contributed by atoms with E-state index in [1.807, 2.05) is 0 Å². The number of imide groups is 1. The number of halogens is 1. The van der Waals surface area contributed by atoms with Crippen LogP contribution in [0.4, 0.5) is 5.69 Å². The minimum absolute atomic E-state index is 0.137. The molecule has 2 aromatic rings. The zero-order valence-electron chi connectivity index (χ0n) is 17.5. The number of carbonyl (C=O) groups is 4. The highest BCUT2D eigenvalue weighted by Crippen LogP contribution is 2.65. The van der Waals surface area contributed by atoms with Crippen molar-refractivity contribution in [1.82, 2.24) is 0 Å². The van der Waals surface area contributed by atoms with Gasteiger partial charge in [-0.2, -0.15) is 0 Å². The van der Waals surface area contributed by atoms with Gasteiger partial charge in [0.2, 0.25) is 11.8 Å². The zero-order valence-corrected chi connectivity index (χ0v) is 18.3. The average molecular weight is 462 g/mol. The molecule has 2 saturated carbocycles. The second-order valence-corrected chi connectivity index (χ2v) is 9.66. The van der Waals surface area contributed by atoms with Gasteiger partial charge in [-0.25, -0.2) is 9.69 Å². The molecule has 2 amide bonds. The van der Waals surface area contributed by atoms with Crippen molar-refractivity contribution < 1.29 is 23.9 Å². The van der Waals surface area contributed by atoms with Crippen LogP contribution in [0.2, 0.25) is 5.02 Å². The van der Waals surface area contributed by atoms with Crippen molar-refractivity contribution in [3.8, 4) is 0 Å². The highest BCUT2D eigenvalue weighted by atomic mass is 35.5. The van der Waals surface area contributed by atoms with Gasteiger partial charge in [-0.15, -0.1) is 0 Å². The number of anilines is 1. The number of hydrogen-bond acceptors (Lipinski definition) is 5. The fraction of sp³-hybridized carbons (Fsp3) is 0.308. The molecule has 166 valence electrons. The summed E-state index contributed by atoms with van der Waals surface area (Å²) in [6.45, 7) is -0.422. The molecular weight excluding hydrogens is 442 g/mol. The molecule has 2 bridgehead atoms. The second-order valence-electron chi connectivity index (χ2n) is 9.22. The van der Waals surface area contributed by atoms with E-state index in [4.69, 9.17) is 16.3 Å². The van der Waals surface area contributed by atoms with Crippen LogP contribution >= 0.6 is 11.6 Å². The number of benzene rings is 2. The molecule has 0 spiro atoms. The number of carbonyl (C=O) groups excluding carboxylic acids is 4. The smallest absolute Gasteiger partial charge is 0.338 e. The van der Waals surface area contributed by atoms with Gasteiger partial charge in [-0.3, -0.25) is 14.4 Å². The van der Waals surface area contributed by atoms with Gasteiger partial charge in [-0.05, 0) is 72.6 Å². The number of nitrogens with zero attached hydrogens (tertiary/aromatic N) is 1. The molecule has 0 radical (unpaired) electrons. The van der Waals surface area contributed by atoms with Gasteiger partial charge in [0.1, 0.15) is 0 Å². The maximum atomic E-state index is 13.3. The summed E-state index contributed by atoms with van der Waals surface area (Å²) in [5.74, 6) is -0.693. The largest absolute Gasteiger partial charge is 0.454 e. The van der Waals surface area contributed by atoms with E-state index in [9.17, 15) is 19.2 Å². The zero-order chi connectivity index (χ0) is 22.9. The fourth-order valence-corrected chi connectivity index (χ4v) is 6.04. The average Bonchev–Trinajstić information content (AvgIpc) is 3.61. The molecule has 0 N–H and O–H groups in total. The molecule has 7 heteroatoms. The van der Waals surface area contributed by atoms with Crippen molar-refractivity contribution in [2.24, 2.45) is 35.5 Å². The third-order valence-corrected chi connectivity index (χ3v) is 7.76. The number of esters is 1. The van der Waals surface area contributed by atoms with Crippen molar-refractivity contribution in [3.05, 3.63) is 76.8 Å². The summed E-state index contributed by atoms with van der Waals surface area (Å²) in [6.07, 6.45) is 5.35. The first-order valence-electron chi connectivity index (χ1n) is 11.1. The Morgan fingerprint density at radius 1 is 0.909 bits per heavy atom. The molecule has 5 aliphatic rings. The first-order chi connectivity index (χ1) is 15.9. The second kappa shape index (κ2) is 7.39. The normalized spacial score (nSPS) is 30.8. The Bertz CT molecular complexity index is 1200. The van der Waals surface area contributed by atoms with Crippen LogP contribution in [0, 0.1) is 35.5 Å². The molecule has 3 fully saturated rings. The molecule has 2 aromatic carbocycles. The van der Waals surface area contributed by atoms with Gasteiger partial charge in [0, 0.05) is 10.6 Å². The molecule has 0 unspecified atom stereocenters. The van der Waals surface area contributed by atoms with Crippen LogP contribution in [0.3, 0.4) is 0 Å². The van der Waals surface area contributed by atoms with E-state index in [0.29, 0.717) is 28.1 Å². The third-order valence-electron chi connectivity index (χ3n) is 7.50. The van der Waals surface area contributed by atoms with Crippen LogP contribution in [-0.4, -0.2) is 30.2 Å². The van der Waals surface area contributed by atoms with Crippen LogP contribution in [-0.2, 0) is 14.3 Å². The van der Waals surface area contributed by atoms with Crippen molar-refractivity contribution >= 4 is 40.9 Å². The van der Waals surface area contributed by atoms with Gasteiger partial charge < -0.3 is 4.74 Å². The van der Waals surface area contributed by atoms with Gasteiger partial charge >= 0.3 is 5.97 Å². The standard InChI is InChI=1S/C26H20ClNO5/c27-15-6-4-13(5-7-15)21(29)12-33-26(32)14-2-1-3-16(10-14)28-24(30)22-17-8-9-18(20-11-19(17)20)23(22)25(28)31/h1-10,17-20,22-23H,11-12H2/t17-,18-,19-,20-,22-,23+/m0/s1. The van der Waals surface area contributed by atoms with E-state index in [2.05, 4.69) is 12.2 Å². The van der Waals surface area contributed by atoms with Crippen LogP contribution < -0.4 is 4.90 Å². The van der Waals surface area contributed by atoms with E-state index in [0.717, 1.165) is 6.42 Å². The Morgan fingerprint density at radius 3 is 2.18 bits per heavy atom. The number of amides is 2. The summed E-state index contributed by atoms with van der Waals surface area (Å²) in [5, 5.41) is 0.507. The van der Waals surface area contributed by atoms with Gasteiger partial charge in [0.15, 0.2) is 12.4 Å². The van der Waals surface area contributed by atoms with E-state index >= 15 is 0 Å². The Morgan fingerprint density at radius 2 is 1.55 bits per heavy atom. The van der Waals surface area contributed by atoms with E-state index in [-0.39, 0.29) is 46.8 Å². The van der Waals surface area contributed by atoms with Crippen LogP contribution in [0.25, 0.3) is 0 Å². The number of Topliss-reactive ketones (excluding diaryl/α,β-unsaturated/α-hetero) is 1. The number of rotatable bonds is 5. The van der Waals surface area contributed by atoms with Crippen molar-refractivity contribution in [2.75, 3.05) is 11.5 Å². The van der Waals surface area contributed by atoms with Crippen molar-refractivity contribution in [2.45, 2.75) is 6.42 Å². The summed E-state index contributed by atoms with van der Waals surface area (Å²) in [6, 6.07) is 12.6. The molecule has 1 heterocycles. The Balaban J connectivity index is 1.18. The summed E-state index contributed by atoms with van der Waals surface area (Å²) in [4.78, 5) is 52.7. The SMILES string of the molecule is O=C(COC(=O)c1cccc(N2C(=O)[C@@H]3[C@H]4C=C[C@@H]([C@@H]5C[C@@H]45)[C@@H]3C2=O)c1)c1ccc(Cl)cc1. The lowest BCUT2D eigenvalue weighted by atomic mass is 9.63. The summed E-state index contributed by atoms with van der Waals surface area (Å²) < 4.78 is 5.18. The minimum Gasteiger partial charge on any atom is -0.454 e. The van der Waals surface area contributed by atoms with Gasteiger partial charge in [-0.1, -0.05) is 29.8 Å². The minimum atomic E-state index is -0.696.